The van der Waals surface area contributed by atoms with Gasteiger partial charge in [-0.3, -0.25) is 4.31 Å². The summed E-state index contributed by atoms with van der Waals surface area (Å²) >= 11 is 5.81. The van der Waals surface area contributed by atoms with E-state index in [9.17, 15) is 27.0 Å². The molecule has 1 saturated heterocycles. The van der Waals surface area contributed by atoms with Gasteiger partial charge in [-0.25, -0.2) is 16.8 Å². The average molecular weight is 418 g/mol. The lowest BCUT2D eigenvalue weighted by atomic mass is 10.2. The molecule has 0 radical (unpaired) electrons. The second-order valence-electron chi connectivity index (χ2n) is 5.99. The van der Waals surface area contributed by atoms with Crippen LogP contribution >= 0.6 is 11.6 Å². The van der Waals surface area contributed by atoms with Gasteiger partial charge in [-0.05, 0) is 36.4 Å². The van der Waals surface area contributed by atoms with E-state index in [4.69, 9.17) is 11.6 Å². The molecule has 2 aromatic carbocycles. The van der Waals surface area contributed by atoms with Crippen LogP contribution in [0.1, 0.15) is 0 Å². The van der Waals surface area contributed by atoms with Crippen molar-refractivity contribution in [2.45, 2.75) is 17.0 Å². The van der Waals surface area contributed by atoms with Gasteiger partial charge in [-0.1, -0.05) is 17.7 Å². The quantitative estimate of drug-likeness (QED) is 0.777. The van der Waals surface area contributed by atoms with Crippen LogP contribution in [0.25, 0.3) is 0 Å². The molecule has 0 spiro atoms. The Kier molecular flexibility index (Phi) is 4.91. The Labute approximate surface area is 156 Å². The molecule has 0 aromatic heterocycles. The molecule has 10 heteroatoms. The molecule has 1 fully saturated rings. The van der Waals surface area contributed by atoms with Gasteiger partial charge in [0.05, 0.1) is 34.2 Å². The number of aliphatic hydroxyl groups is 1. The highest BCUT2D eigenvalue weighted by Gasteiger charge is 2.45. The number of halogens is 1. The lowest BCUT2D eigenvalue weighted by molar-refractivity contribution is 0.184. The van der Waals surface area contributed by atoms with Crippen LogP contribution in [0.3, 0.4) is 0 Å². The molecule has 140 valence electrons. The smallest absolute Gasteiger partial charge is 0.264 e. The summed E-state index contributed by atoms with van der Waals surface area (Å²) in [5, 5.41) is 20.3. The highest BCUT2D eigenvalue weighted by molar-refractivity contribution is 7.93. The molecule has 2 atom stereocenters. The number of aromatic hydroxyl groups is 1. The van der Waals surface area contributed by atoms with E-state index in [1.807, 2.05) is 0 Å². The summed E-state index contributed by atoms with van der Waals surface area (Å²) < 4.78 is 51.1. The number of phenols is 1. The molecule has 0 bridgehead atoms. The highest BCUT2D eigenvalue weighted by atomic mass is 35.5. The van der Waals surface area contributed by atoms with Gasteiger partial charge in [0.2, 0.25) is 0 Å². The fraction of sp³-hybridized carbons (Fsp3) is 0.250. The van der Waals surface area contributed by atoms with E-state index < -0.39 is 43.5 Å². The molecular weight excluding hydrogens is 402 g/mol. The van der Waals surface area contributed by atoms with Crippen molar-refractivity contribution < 1.29 is 27.0 Å². The Bertz CT molecular complexity index is 1020. The molecule has 26 heavy (non-hydrogen) atoms. The van der Waals surface area contributed by atoms with Crippen molar-refractivity contribution in [1.82, 2.24) is 0 Å². The third-order valence-electron chi connectivity index (χ3n) is 4.05. The monoisotopic (exact) mass is 417 g/mol. The van der Waals surface area contributed by atoms with Gasteiger partial charge in [0, 0.05) is 11.1 Å². The minimum absolute atomic E-state index is 0.0566. The van der Waals surface area contributed by atoms with Gasteiger partial charge in [0.25, 0.3) is 10.0 Å². The number of phenolic OH excluding ortho intramolecular Hbond substituents is 1. The van der Waals surface area contributed by atoms with Crippen LogP contribution in [0, 0.1) is 0 Å². The summed E-state index contributed by atoms with van der Waals surface area (Å²) in [6, 6.07) is 9.60. The van der Waals surface area contributed by atoms with Gasteiger partial charge in [0.15, 0.2) is 9.84 Å². The number of rotatable bonds is 4. The summed E-state index contributed by atoms with van der Waals surface area (Å²) in [6.45, 7) is 0. The molecule has 0 saturated carbocycles. The number of anilines is 1. The number of sulfone groups is 1. The first-order valence-corrected chi connectivity index (χ1v) is 11.2. The fourth-order valence-corrected chi connectivity index (χ4v) is 6.55. The Morgan fingerprint density at radius 2 is 1.73 bits per heavy atom. The van der Waals surface area contributed by atoms with Crippen molar-refractivity contribution in [3.63, 3.8) is 0 Å². The zero-order valence-electron chi connectivity index (χ0n) is 13.4. The molecule has 2 aromatic rings. The predicted octanol–water partition coefficient (Wildman–Crippen LogP) is 1.40. The Morgan fingerprint density at radius 1 is 1.08 bits per heavy atom. The molecular formula is C16H16ClNO6S2. The van der Waals surface area contributed by atoms with E-state index in [1.54, 1.807) is 0 Å². The number of aliphatic hydroxyl groups excluding tert-OH is 1. The maximum absolute atomic E-state index is 13.2. The Morgan fingerprint density at radius 3 is 2.27 bits per heavy atom. The standard InChI is InChI=1S/C16H16ClNO6S2/c17-11-4-6-14(7-5-11)26(23,24)18(12-2-1-3-13(19)8-12)15-9-25(21,22)10-16(15)20/h1-8,15-16,19-20H,9-10H2/t15-,16+/m1/s1. The summed E-state index contributed by atoms with van der Waals surface area (Å²) in [7, 11) is -7.81. The third-order valence-corrected chi connectivity index (χ3v) is 7.87. The topological polar surface area (TPSA) is 112 Å². The van der Waals surface area contributed by atoms with Gasteiger partial charge in [-0.2, -0.15) is 0 Å². The van der Waals surface area contributed by atoms with E-state index in [1.165, 1.54) is 48.5 Å². The minimum Gasteiger partial charge on any atom is -0.508 e. The third kappa shape index (κ3) is 3.66. The van der Waals surface area contributed by atoms with Gasteiger partial charge in [0.1, 0.15) is 5.75 Å². The zero-order valence-corrected chi connectivity index (χ0v) is 15.7. The molecule has 7 nitrogen and oxygen atoms in total. The largest absolute Gasteiger partial charge is 0.508 e. The summed E-state index contributed by atoms with van der Waals surface area (Å²) in [5.41, 5.74) is 0.0566. The van der Waals surface area contributed by atoms with Crippen LogP contribution in [-0.4, -0.2) is 50.7 Å². The predicted molar refractivity (Wildman–Crippen MR) is 97.7 cm³/mol. The van der Waals surface area contributed by atoms with Crippen LogP contribution in [0.2, 0.25) is 5.02 Å². The Hall–Kier alpha value is -1.81. The van der Waals surface area contributed by atoms with E-state index in [0.717, 1.165) is 4.31 Å². The molecule has 0 aliphatic carbocycles. The molecule has 0 unspecified atom stereocenters. The maximum atomic E-state index is 13.2. The summed E-state index contributed by atoms with van der Waals surface area (Å²) in [6.07, 6.45) is -1.38. The first-order chi connectivity index (χ1) is 12.1. The number of benzene rings is 2. The second kappa shape index (κ2) is 6.73. The SMILES string of the molecule is O=S1(=O)C[C@@H](N(c2cccc(O)c2)S(=O)(=O)c2ccc(Cl)cc2)[C@@H](O)C1. The average Bonchev–Trinajstić information content (AvgIpc) is 2.80. The Balaban J connectivity index is 2.16. The van der Waals surface area contributed by atoms with Crippen molar-refractivity contribution in [3.05, 3.63) is 53.6 Å². The number of hydrogen-bond acceptors (Lipinski definition) is 6. The maximum Gasteiger partial charge on any atom is 0.264 e. The first-order valence-electron chi connectivity index (χ1n) is 7.58. The molecule has 1 aliphatic heterocycles. The molecule has 1 aliphatic rings. The van der Waals surface area contributed by atoms with Crippen LogP contribution < -0.4 is 4.31 Å². The normalized spacial score (nSPS) is 22.2. The fourth-order valence-electron chi connectivity index (χ4n) is 2.89. The highest BCUT2D eigenvalue weighted by Crippen LogP contribution is 2.33. The van der Waals surface area contributed by atoms with Crippen molar-refractivity contribution >= 4 is 37.1 Å². The lowest BCUT2D eigenvalue weighted by Crippen LogP contribution is -2.47. The van der Waals surface area contributed by atoms with E-state index >= 15 is 0 Å². The zero-order chi connectivity index (χ0) is 19.1. The number of hydrogen-bond donors (Lipinski definition) is 2. The van der Waals surface area contributed by atoms with E-state index in [0.29, 0.717) is 5.02 Å². The van der Waals surface area contributed by atoms with Gasteiger partial charge in [-0.15, -0.1) is 0 Å². The first kappa shape index (κ1) is 19.0. The number of nitrogens with zero attached hydrogens (tertiary/aromatic N) is 1. The van der Waals surface area contributed by atoms with E-state index in [2.05, 4.69) is 0 Å². The summed E-state index contributed by atoms with van der Waals surface area (Å²) in [5.74, 6) is -1.23. The van der Waals surface area contributed by atoms with Crippen LogP contribution in [-0.2, 0) is 19.9 Å². The van der Waals surface area contributed by atoms with Crippen molar-refractivity contribution in [2.75, 3.05) is 15.8 Å². The molecule has 0 amide bonds. The summed E-state index contributed by atoms with van der Waals surface area (Å²) in [4.78, 5) is -0.109. The van der Waals surface area contributed by atoms with Crippen molar-refractivity contribution in [2.24, 2.45) is 0 Å². The van der Waals surface area contributed by atoms with Crippen LogP contribution in [0.15, 0.2) is 53.4 Å². The van der Waals surface area contributed by atoms with E-state index in [-0.39, 0.29) is 16.3 Å². The van der Waals surface area contributed by atoms with Gasteiger partial charge >= 0.3 is 0 Å². The lowest BCUT2D eigenvalue weighted by Gasteiger charge is -2.31. The minimum atomic E-state index is -4.22. The van der Waals surface area contributed by atoms with Gasteiger partial charge < -0.3 is 10.2 Å². The van der Waals surface area contributed by atoms with Crippen LogP contribution in [0.5, 0.6) is 5.75 Å². The molecule has 2 N–H and O–H groups in total. The number of sulfonamides is 1. The second-order valence-corrected chi connectivity index (χ2v) is 10.4. The molecule has 1 heterocycles. The van der Waals surface area contributed by atoms with Crippen molar-refractivity contribution in [1.29, 1.82) is 0 Å². The van der Waals surface area contributed by atoms with Crippen LogP contribution in [0.4, 0.5) is 5.69 Å². The molecule has 3 rings (SSSR count). The van der Waals surface area contributed by atoms with Crippen molar-refractivity contribution in [3.8, 4) is 5.75 Å².